The highest BCUT2D eigenvalue weighted by molar-refractivity contribution is 6.36. The lowest BCUT2D eigenvalue weighted by molar-refractivity contribution is -0.137. The molecule has 1 fully saturated rings. The maximum absolute atomic E-state index is 13.5. The summed E-state index contributed by atoms with van der Waals surface area (Å²) in [5, 5.41) is 3.13. The molecule has 1 N–H and O–H groups in total. The summed E-state index contributed by atoms with van der Waals surface area (Å²) in [4.78, 5) is 30.1. The van der Waals surface area contributed by atoms with Crippen molar-refractivity contribution in [3.8, 4) is 5.75 Å². The fourth-order valence-corrected chi connectivity index (χ4v) is 3.87. The molecule has 7 nitrogen and oxygen atoms in total. The number of carbonyl (C=O) groups is 2. The van der Waals surface area contributed by atoms with E-state index in [1.165, 1.54) is 29.2 Å². The molecule has 0 aliphatic carbocycles. The van der Waals surface area contributed by atoms with Gasteiger partial charge in [-0.05, 0) is 36.2 Å². The second-order valence-electron chi connectivity index (χ2n) is 7.97. The second-order valence-corrected chi connectivity index (χ2v) is 7.97. The maximum Gasteiger partial charge on any atom is 0.278 e. The highest BCUT2D eigenvalue weighted by Crippen LogP contribution is 2.31. The van der Waals surface area contributed by atoms with Crippen molar-refractivity contribution in [2.24, 2.45) is 0 Å². The van der Waals surface area contributed by atoms with Gasteiger partial charge in [-0.25, -0.2) is 4.39 Å². The van der Waals surface area contributed by atoms with Crippen molar-refractivity contribution in [3.63, 3.8) is 0 Å². The Morgan fingerprint density at radius 2 is 1.79 bits per heavy atom. The summed E-state index contributed by atoms with van der Waals surface area (Å²) in [6.45, 7) is 6.27. The number of halogens is 1. The van der Waals surface area contributed by atoms with Crippen LogP contribution in [0.1, 0.15) is 18.9 Å². The van der Waals surface area contributed by atoms with Gasteiger partial charge >= 0.3 is 0 Å². The van der Waals surface area contributed by atoms with Gasteiger partial charge in [0.25, 0.3) is 11.8 Å². The van der Waals surface area contributed by atoms with Gasteiger partial charge < -0.3 is 14.8 Å². The van der Waals surface area contributed by atoms with Crippen molar-refractivity contribution in [3.05, 3.63) is 65.6 Å². The van der Waals surface area contributed by atoms with Gasteiger partial charge in [-0.3, -0.25) is 19.4 Å². The first-order chi connectivity index (χ1) is 16.1. The van der Waals surface area contributed by atoms with Gasteiger partial charge in [0.1, 0.15) is 17.3 Å². The second kappa shape index (κ2) is 10.6. The van der Waals surface area contributed by atoms with Crippen molar-refractivity contribution < 1.29 is 23.5 Å². The number of rotatable bonds is 9. The minimum atomic E-state index is -0.407. The Hall–Kier alpha value is -3.23. The van der Waals surface area contributed by atoms with Crippen molar-refractivity contribution in [1.82, 2.24) is 9.80 Å². The van der Waals surface area contributed by atoms with Gasteiger partial charge in [0, 0.05) is 37.9 Å². The molecule has 2 aromatic carbocycles. The van der Waals surface area contributed by atoms with E-state index in [0.29, 0.717) is 43.4 Å². The minimum Gasteiger partial charge on any atom is -0.494 e. The molecule has 0 spiro atoms. The summed E-state index contributed by atoms with van der Waals surface area (Å²) in [7, 11) is 0. The highest BCUT2D eigenvalue weighted by atomic mass is 19.1. The molecule has 0 unspecified atom stereocenters. The summed E-state index contributed by atoms with van der Waals surface area (Å²) >= 11 is 0. The predicted molar refractivity (Wildman–Crippen MR) is 123 cm³/mol. The Bertz CT molecular complexity index is 1030. The van der Waals surface area contributed by atoms with Crippen molar-refractivity contribution in [2.45, 2.75) is 13.3 Å². The monoisotopic (exact) mass is 453 g/mol. The molecule has 174 valence electrons. The molecule has 2 aliphatic heterocycles. The minimum absolute atomic E-state index is 0.182. The van der Waals surface area contributed by atoms with Gasteiger partial charge in [-0.1, -0.05) is 25.1 Å². The van der Waals surface area contributed by atoms with E-state index >= 15 is 0 Å². The molecule has 2 amide bonds. The van der Waals surface area contributed by atoms with Gasteiger partial charge in [-0.2, -0.15) is 0 Å². The fourth-order valence-electron chi connectivity index (χ4n) is 3.87. The average Bonchev–Trinajstić information content (AvgIpc) is 3.06. The molecule has 2 heterocycles. The van der Waals surface area contributed by atoms with Crippen LogP contribution in [0.4, 0.5) is 10.1 Å². The number of anilines is 1. The molecule has 1 saturated heterocycles. The van der Waals surface area contributed by atoms with E-state index < -0.39 is 11.7 Å². The molecule has 0 radical (unpaired) electrons. The number of morpholine rings is 1. The number of hydrogen-bond acceptors (Lipinski definition) is 6. The lowest BCUT2D eigenvalue weighted by Gasteiger charge is -2.28. The van der Waals surface area contributed by atoms with Crippen LogP contribution < -0.4 is 10.1 Å². The Labute approximate surface area is 192 Å². The normalized spacial score (nSPS) is 17.1. The molecular formula is C25H28FN3O4. The molecule has 8 heteroatoms. The third kappa shape index (κ3) is 5.40. The summed E-state index contributed by atoms with van der Waals surface area (Å²) < 4.78 is 24.6. The number of ether oxygens (including phenoxy) is 2. The van der Waals surface area contributed by atoms with Crippen LogP contribution in [0.2, 0.25) is 0 Å². The first kappa shape index (κ1) is 22.9. The van der Waals surface area contributed by atoms with E-state index in [2.05, 4.69) is 10.2 Å². The predicted octanol–water partition coefficient (Wildman–Crippen LogP) is 3.14. The zero-order chi connectivity index (χ0) is 23.2. The molecule has 2 aromatic rings. The SMILES string of the molecule is CCCOc1cccc(NC2=C(c3ccc(F)cc3)C(=O)N(CCN3CCOCC3)C2=O)c1. The lowest BCUT2D eigenvalue weighted by Crippen LogP contribution is -2.43. The number of imide groups is 1. The number of carbonyl (C=O) groups excluding carboxylic acids is 2. The van der Waals surface area contributed by atoms with Gasteiger partial charge in [0.2, 0.25) is 0 Å². The van der Waals surface area contributed by atoms with Crippen LogP contribution in [-0.4, -0.2) is 67.6 Å². The first-order valence-corrected chi connectivity index (χ1v) is 11.2. The molecular weight excluding hydrogens is 425 g/mol. The molecule has 33 heavy (non-hydrogen) atoms. The standard InChI is InChI=1S/C25H28FN3O4/c1-2-14-33-21-5-3-4-20(17-21)27-23-22(18-6-8-19(26)9-7-18)24(30)29(25(23)31)11-10-28-12-15-32-16-13-28/h3-9,17,27H,2,10-16H2,1H3. The molecule has 0 bridgehead atoms. The van der Waals surface area contributed by atoms with Crippen molar-refractivity contribution >= 4 is 23.1 Å². The third-order valence-corrected chi connectivity index (χ3v) is 5.62. The van der Waals surface area contributed by atoms with E-state index in [0.717, 1.165) is 19.5 Å². The highest BCUT2D eigenvalue weighted by Gasteiger charge is 2.39. The molecule has 0 saturated carbocycles. The summed E-state index contributed by atoms with van der Waals surface area (Å²) in [5.74, 6) is -0.518. The fraction of sp³-hybridized carbons (Fsp3) is 0.360. The van der Waals surface area contributed by atoms with Crippen LogP contribution in [-0.2, 0) is 14.3 Å². The van der Waals surface area contributed by atoms with Gasteiger partial charge in [0.05, 0.1) is 25.4 Å². The van der Waals surface area contributed by atoms with Crippen molar-refractivity contribution in [1.29, 1.82) is 0 Å². The van der Waals surface area contributed by atoms with Crippen LogP contribution in [0.5, 0.6) is 5.75 Å². The molecule has 2 aliphatic rings. The number of benzene rings is 2. The first-order valence-electron chi connectivity index (χ1n) is 11.2. The van der Waals surface area contributed by atoms with E-state index in [1.54, 1.807) is 6.07 Å². The third-order valence-electron chi connectivity index (χ3n) is 5.62. The Morgan fingerprint density at radius 1 is 1.03 bits per heavy atom. The number of nitrogens with one attached hydrogen (secondary N) is 1. The topological polar surface area (TPSA) is 71.1 Å². The Balaban J connectivity index is 1.60. The zero-order valence-corrected chi connectivity index (χ0v) is 18.7. The van der Waals surface area contributed by atoms with Crippen LogP contribution in [0.3, 0.4) is 0 Å². The molecule has 0 atom stereocenters. The van der Waals surface area contributed by atoms with E-state index in [9.17, 15) is 14.0 Å². The molecule has 0 aromatic heterocycles. The number of nitrogens with zero attached hydrogens (tertiary/aromatic N) is 2. The van der Waals surface area contributed by atoms with Gasteiger partial charge in [0.15, 0.2) is 0 Å². The number of amides is 2. The maximum atomic E-state index is 13.5. The van der Waals surface area contributed by atoms with Crippen LogP contribution in [0.25, 0.3) is 5.57 Å². The summed E-state index contributed by atoms with van der Waals surface area (Å²) in [6, 6.07) is 12.9. The van der Waals surface area contributed by atoms with Crippen molar-refractivity contribution in [2.75, 3.05) is 51.3 Å². The van der Waals surface area contributed by atoms with Gasteiger partial charge in [-0.15, -0.1) is 0 Å². The zero-order valence-electron chi connectivity index (χ0n) is 18.7. The number of hydrogen-bond donors (Lipinski definition) is 1. The van der Waals surface area contributed by atoms with Crippen LogP contribution >= 0.6 is 0 Å². The van der Waals surface area contributed by atoms with Crippen LogP contribution in [0.15, 0.2) is 54.2 Å². The Morgan fingerprint density at radius 3 is 2.52 bits per heavy atom. The largest absolute Gasteiger partial charge is 0.494 e. The average molecular weight is 454 g/mol. The summed E-state index contributed by atoms with van der Waals surface area (Å²) in [6.07, 6.45) is 0.878. The quantitative estimate of drug-likeness (QED) is 0.589. The lowest BCUT2D eigenvalue weighted by atomic mass is 10.0. The summed E-state index contributed by atoms with van der Waals surface area (Å²) in [5.41, 5.74) is 1.54. The van der Waals surface area contributed by atoms with Crippen LogP contribution in [0, 0.1) is 5.82 Å². The van der Waals surface area contributed by atoms with E-state index in [1.807, 2.05) is 25.1 Å². The smallest absolute Gasteiger partial charge is 0.278 e. The Kier molecular flexibility index (Phi) is 7.36. The molecule has 4 rings (SSSR count). The van der Waals surface area contributed by atoms with E-state index in [4.69, 9.17) is 9.47 Å². The van der Waals surface area contributed by atoms with E-state index in [-0.39, 0.29) is 23.7 Å².